The van der Waals surface area contributed by atoms with Gasteiger partial charge < -0.3 is 10.1 Å². The van der Waals surface area contributed by atoms with E-state index >= 15 is 0 Å². The highest BCUT2D eigenvalue weighted by Gasteiger charge is 2.45. The molecule has 18 heavy (non-hydrogen) atoms. The minimum Gasteiger partial charge on any atom is -0.496 e. The van der Waals surface area contributed by atoms with E-state index in [0.717, 1.165) is 12.3 Å². The van der Waals surface area contributed by atoms with Crippen molar-refractivity contribution in [1.29, 1.82) is 0 Å². The second kappa shape index (κ2) is 4.58. The third kappa shape index (κ3) is 1.83. The highest BCUT2D eigenvalue weighted by Crippen LogP contribution is 2.51. The van der Waals surface area contributed by atoms with Gasteiger partial charge >= 0.3 is 0 Å². The Morgan fingerprint density at radius 1 is 1.28 bits per heavy atom. The lowest BCUT2D eigenvalue weighted by Gasteiger charge is -2.30. The Morgan fingerprint density at radius 2 is 2.06 bits per heavy atom. The quantitative estimate of drug-likeness (QED) is 0.863. The summed E-state index contributed by atoms with van der Waals surface area (Å²) in [5, 5.41) is 3.62. The van der Waals surface area contributed by atoms with Gasteiger partial charge in [0, 0.05) is 19.0 Å². The normalized spacial score (nSPS) is 25.8. The molecule has 1 heterocycles. The van der Waals surface area contributed by atoms with Crippen LogP contribution in [0.4, 0.5) is 0 Å². The van der Waals surface area contributed by atoms with Crippen molar-refractivity contribution in [2.24, 2.45) is 5.41 Å². The smallest absolute Gasteiger partial charge is 0.121 e. The van der Waals surface area contributed by atoms with Crippen LogP contribution in [-0.2, 0) is 0 Å². The van der Waals surface area contributed by atoms with E-state index < -0.39 is 0 Å². The Balaban J connectivity index is 1.92. The Hall–Kier alpha value is -1.02. The fourth-order valence-electron chi connectivity index (χ4n) is 4.00. The van der Waals surface area contributed by atoms with Crippen molar-refractivity contribution < 1.29 is 4.74 Å². The molecular weight excluding hydrogens is 222 g/mol. The van der Waals surface area contributed by atoms with E-state index in [-0.39, 0.29) is 0 Å². The van der Waals surface area contributed by atoms with Crippen LogP contribution in [0.25, 0.3) is 0 Å². The first-order chi connectivity index (χ1) is 8.75. The molecule has 1 saturated heterocycles. The number of nitrogens with one attached hydrogen (secondary N) is 1. The average Bonchev–Trinajstić information content (AvgIpc) is 3.00. The van der Waals surface area contributed by atoms with Gasteiger partial charge in [-0.1, -0.05) is 25.0 Å². The topological polar surface area (TPSA) is 21.3 Å². The summed E-state index contributed by atoms with van der Waals surface area (Å²) in [5.74, 6) is 1.70. The minimum atomic E-state index is 0.543. The molecule has 0 amide bonds. The molecule has 2 nitrogen and oxygen atoms in total. The fourth-order valence-corrected chi connectivity index (χ4v) is 4.00. The third-order valence-corrected chi connectivity index (χ3v) is 4.99. The maximum atomic E-state index is 5.36. The van der Waals surface area contributed by atoms with Crippen molar-refractivity contribution in [3.8, 4) is 5.75 Å². The molecule has 1 aromatic carbocycles. The lowest BCUT2D eigenvalue weighted by atomic mass is 9.73. The highest BCUT2D eigenvalue weighted by molar-refractivity contribution is 5.39. The lowest BCUT2D eigenvalue weighted by molar-refractivity contribution is 0.294. The molecule has 0 radical (unpaired) electrons. The summed E-state index contributed by atoms with van der Waals surface area (Å²) in [5.41, 5.74) is 3.30. The van der Waals surface area contributed by atoms with Crippen molar-refractivity contribution in [1.82, 2.24) is 5.32 Å². The van der Waals surface area contributed by atoms with Gasteiger partial charge in [0.15, 0.2) is 0 Å². The summed E-state index contributed by atoms with van der Waals surface area (Å²) in [6, 6.07) is 6.73. The van der Waals surface area contributed by atoms with Gasteiger partial charge in [0.05, 0.1) is 7.11 Å². The van der Waals surface area contributed by atoms with E-state index in [0.29, 0.717) is 11.3 Å². The highest BCUT2D eigenvalue weighted by atomic mass is 16.5. The Kier molecular flexibility index (Phi) is 3.06. The van der Waals surface area contributed by atoms with Crippen molar-refractivity contribution in [2.45, 2.75) is 38.5 Å². The first kappa shape index (κ1) is 12.0. The van der Waals surface area contributed by atoms with E-state index in [9.17, 15) is 0 Å². The SMILES string of the molecule is COc1ccc(C2CNCC23CCCC3)cc1C. The van der Waals surface area contributed by atoms with E-state index in [1.807, 2.05) is 0 Å². The molecule has 98 valence electrons. The zero-order valence-electron chi connectivity index (χ0n) is 11.5. The van der Waals surface area contributed by atoms with Crippen LogP contribution in [0.1, 0.15) is 42.7 Å². The number of ether oxygens (including phenoxy) is 1. The molecule has 1 spiro atoms. The van der Waals surface area contributed by atoms with Crippen LogP contribution in [-0.4, -0.2) is 20.2 Å². The summed E-state index contributed by atoms with van der Waals surface area (Å²) >= 11 is 0. The molecule has 1 aromatic rings. The molecule has 1 atom stereocenters. The zero-order chi connectivity index (χ0) is 12.6. The van der Waals surface area contributed by atoms with Gasteiger partial charge in [-0.2, -0.15) is 0 Å². The lowest BCUT2D eigenvalue weighted by Crippen LogP contribution is -2.25. The Morgan fingerprint density at radius 3 is 2.72 bits per heavy atom. The van der Waals surface area contributed by atoms with E-state index in [4.69, 9.17) is 4.74 Å². The number of rotatable bonds is 2. The number of hydrogen-bond donors (Lipinski definition) is 1. The van der Waals surface area contributed by atoms with Gasteiger partial charge in [-0.05, 0) is 42.4 Å². The molecule has 1 saturated carbocycles. The van der Waals surface area contributed by atoms with Crippen LogP contribution in [0.15, 0.2) is 18.2 Å². The number of aryl methyl sites for hydroxylation is 1. The van der Waals surface area contributed by atoms with Gasteiger partial charge in [0.1, 0.15) is 5.75 Å². The molecule has 2 heteroatoms. The maximum Gasteiger partial charge on any atom is 0.121 e. The molecule has 2 fully saturated rings. The van der Waals surface area contributed by atoms with Crippen molar-refractivity contribution in [2.75, 3.05) is 20.2 Å². The molecule has 1 aliphatic heterocycles. The van der Waals surface area contributed by atoms with Crippen LogP contribution >= 0.6 is 0 Å². The standard InChI is InChI=1S/C16H23NO/c1-12-9-13(5-6-15(12)18-2)14-10-17-11-16(14)7-3-4-8-16/h5-6,9,14,17H,3-4,7-8,10-11H2,1-2H3. The van der Waals surface area contributed by atoms with Crippen LogP contribution in [0, 0.1) is 12.3 Å². The fraction of sp³-hybridized carbons (Fsp3) is 0.625. The molecular formula is C16H23NO. The van der Waals surface area contributed by atoms with Gasteiger partial charge in [0.25, 0.3) is 0 Å². The molecule has 0 bridgehead atoms. The first-order valence-electron chi connectivity index (χ1n) is 7.10. The second-order valence-corrected chi connectivity index (χ2v) is 5.98. The summed E-state index contributed by atoms with van der Waals surface area (Å²) in [6.45, 7) is 4.50. The second-order valence-electron chi connectivity index (χ2n) is 5.98. The van der Waals surface area contributed by atoms with Gasteiger partial charge in [-0.25, -0.2) is 0 Å². The van der Waals surface area contributed by atoms with Crippen LogP contribution in [0.3, 0.4) is 0 Å². The Labute approximate surface area is 110 Å². The summed E-state index contributed by atoms with van der Waals surface area (Å²) < 4.78 is 5.36. The van der Waals surface area contributed by atoms with Crippen LogP contribution < -0.4 is 10.1 Å². The van der Waals surface area contributed by atoms with Gasteiger partial charge in [0.2, 0.25) is 0 Å². The molecule has 3 rings (SSSR count). The molecule has 0 aromatic heterocycles. The number of hydrogen-bond acceptors (Lipinski definition) is 2. The summed E-state index contributed by atoms with van der Waals surface area (Å²) in [6.07, 6.45) is 5.62. The van der Waals surface area contributed by atoms with Crippen LogP contribution in [0.5, 0.6) is 5.75 Å². The first-order valence-corrected chi connectivity index (χ1v) is 7.10. The Bertz CT molecular complexity index is 429. The van der Waals surface area contributed by atoms with E-state index in [1.165, 1.54) is 43.4 Å². The predicted molar refractivity (Wildman–Crippen MR) is 74.2 cm³/mol. The van der Waals surface area contributed by atoms with Gasteiger partial charge in [-0.15, -0.1) is 0 Å². The molecule has 1 aliphatic carbocycles. The molecule has 1 N–H and O–H groups in total. The largest absolute Gasteiger partial charge is 0.496 e. The minimum absolute atomic E-state index is 0.543. The van der Waals surface area contributed by atoms with E-state index in [1.54, 1.807) is 7.11 Å². The predicted octanol–water partition coefficient (Wildman–Crippen LogP) is 3.25. The van der Waals surface area contributed by atoms with Crippen molar-refractivity contribution in [3.05, 3.63) is 29.3 Å². The monoisotopic (exact) mass is 245 g/mol. The molecule has 1 unspecified atom stereocenters. The van der Waals surface area contributed by atoms with Crippen molar-refractivity contribution in [3.63, 3.8) is 0 Å². The number of benzene rings is 1. The summed E-state index contributed by atoms with van der Waals surface area (Å²) in [7, 11) is 1.75. The maximum absolute atomic E-state index is 5.36. The zero-order valence-corrected chi connectivity index (χ0v) is 11.5. The molecule has 2 aliphatic rings. The summed E-state index contributed by atoms with van der Waals surface area (Å²) in [4.78, 5) is 0. The third-order valence-electron chi connectivity index (χ3n) is 4.99. The van der Waals surface area contributed by atoms with Crippen LogP contribution in [0.2, 0.25) is 0 Å². The average molecular weight is 245 g/mol. The van der Waals surface area contributed by atoms with Crippen molar-refractivity contribution >= 4 is 0 Å². The van der Waals surface area contributed by atoms with Gasteiger partial charge in [-0.3, -0.25) is 0 Å². The van der Waals surface area contributed by atoms with E-state index in [2.05, 4.69) is 30.4 Å². The number of methoxy groups -OCH3 is 1.